The number of H-pyrrole nitrogens is 1. The topological polar surface area (TPSA) is 115 Å². The van der Waals surface area contributed by atoms with Gasteiger partial charge in [-0.3, -0.25) is 9.59 Å². The van der Waals surface area contributed by atoms with Gasteiger partial charge in [0.25, 0.3) is 11.5 Å². The largest absolute Gasteiger partial charge is 0.493 e. The van der Waals surface area contributed by atoms with Crippen LogP contribution < -0.4 is 26.0 Å². The van der Waals surface area contributed by atoms with Crippen LogP contribution in [0.1, 0.15) is 5.56 Å². The molecular formula is C24H17BrCl2N4O5. The van der Waals surface area contributed by atoms with Crippen LogP contribution in [0, 0.1) is 0 Å². The molecule has 4 rings (SSSR count). The van der Waals surface area contributed by atoms with E-state index in [4.69, 9.17) is 32.7 Å². The van der Waals surface area contributed by atoms with E-state index in [0.29, 0.717) is 36.3 Å². The molecule has 0 saturated heterocycles. The van der Waals surface area contributed by atoms with E-state index in [2.05, 4.69) is 31.3 Å². The second kappa shape index (κ2) is 11.0. The fourth-order valence-electron chi connectivity index (χ4n) is 3.23. The number of hydrogen-bond acceptors (Lipinski definition) is 6. The monoisotopic (exact) mass is 590 g/mol. The van der Waals surface area contributed by atoms with Crippen LogP contribution in [0.3, 0.4) is 0 Å². The molecule has 9 nitrogen and oxygen atoms in total. The summed E-state index contributed by atoms with van der Waals surface area (Å²) < 4.78 is 12.1. The Morgan fingerprint density at radius 1 is 1.17 bits per heavy atom. The van der Waals surface area contributed by atoms with E-state index >= 15 is 0 Å². The number of hydrogen-bond donors (Lipinski definition) is 2. The third kappa shape index (κ3) is 5.46. The minimum atomic E-state index is -0.698. The van der Waals surface area contributed by atoms with Gasteiger partial charge in [0.05, 0.1) is 24.2 Å². The third-order valence-corrected chi connectivity index (χ3v) is 6.64. The van der Waals surface area contributed by atoms with Gasteiger partial charge in [0.1, 0.15) is 5.02 Å². The van der Waals surface area contributed by atoms with E-state index in [0.717, 1.165) is 0 Å². The molecule has 0 saturated carbocycles. The number of halogens is 3. The van der Waals surface area contributed by atoms with Crippen LogP contribution in [0.25, 0.3) is 10.9 Å². The third-order valence-electron chi connectivity index (χ3n) is 4.95. The molecule has 0 fully saturated rings. The lowest BCUT2D eigenvalue weighted by molar-refractivity contribution is -0.118. The number of para-hydroxylation sites is 1. The number of anilines is 1. The van der Waals surface area contributed by atoms with E-state index in [9.17, 15) is 14.4 Å². The molecule has 4 aromatic rings. The summed E-state index contributed by atoms with van der Waals surface area (Å²) in [5.41, 5.74) is 0.0840. The summed E-state index contributed by atoms with van der Waals surface area (Å²) in [6.45, 7) is -0.347. The minimum absolute atomic E-state index is 0.106. The molecule has 0 unspecified atom stereocenters. The number of amides is 1. The van der Waals surface area contributed by atoms with Crippen molar-refractivity contribution in [1.82, 2.24) is 9.66 Å². The number of carbonyl (C=O) groups is 1. The number of benzene rings is 3. The highest BCUT2D eigenvalue weighted by Gasteiger charge is 2.18. The molecule has 0 bridgehead atoms. The Kier molecular flexibility index (Phi) is 7.78. The minimum Gasteiger partial charge on any atom is -0.493 e. The lowest BCUT2D eigenvalue weighted by Crippen LogP contribution is -2.32. The standard InChI is InChI=1S/C24H17BrCl2N4O5/c1-35-18-10-13(11-28-31-23(33)16-4-2-3-5-17(16)30-24(31)34)20(25)21(27)22(18)36-12-19(32)29-15-8-6-14(26)7-9-15/h2-11H,12H2,1H3,(H,29,32)(H,30,34). The normalized spacial score (nSPS) is 11.1. The van der Waals surface area contributed by atoms with Gasteiger partial charge in [0.2, 0.25) is 0 Å². The van der Waals surface area contributed by atoms with Gasteiger partial charge in [0.15, 0.2) is 18.1 Å². The van der Waals surface area contributed by atoms with Crippen molar-refractivity contribution in [2.75, 3.05) is 19.0 Å². The number of nitrogens with one attached hydrogen (secondary N) is 2. The molecule has 0 aliphatic rings. The van der Waals surface area contributed by atoms with E-state index in [1.807, 2.05) is 0 Å². The Bertz CT molecular complexity index is 1600. The number of aromatic amines is 1. The predicted octanol–water partition coefficient (Wildman–Crippen LogP) is 4.67. The van der Waals surface area contributed by atoms with Crippen molar-refractivity contribution in [2.45, 2.75) is 0 Å². The molecule has 2 N–H and O–H groups in total. The zero-order valence-electron chi connectivity index (χ0n) is 18.6. The summed E-state index contributed by atoms with van der Waals surface area (Å²) >= 11 is 15.7. The van der Waals surface area contributed by atoms with Crippen LogP contribution in [0.15, 0.2) is 73.8 Å². The van der Waals surface area contributed by atoms with Crippen molar-refractivity contribution in [3.63, 3.8) is 0 Å². The lowest BCUT2D eigenvalue weighted by Gasteiger charge is -2.15. The van der Waals surface area contributed by atoms with Crippen molar-refractivity contribution >= 4 is 67.8 Å². The highest BCUT2D eigenvalue weighted by molar-refractivity contribution is 9.10. The van der Waals surface area contributed by atoms with E-state index < -0.39 is 17.2 Å². The van der Waals surface area contributed by atoms with Gasteiger partial charge in [-0.05, 0) is 58.4 Å². The zero-order valence-corrected chi connectivity index (χ0v) is 21.6. The van der Waals surface area contributed by atoms with Crippen LogP contribution in [-0.4, -0.2) is 35.5 Å². The Labute approximate surface area is 222 Å². The molecule has 0 atom stereocenters. The Balaban J connectivity index is 1.58. The first-order valence-corrected chi connectivity index (χ1v) is 11.9. The van der Waals surface area contributed by atoms with Crippen molar-refractivity contribution in [3.05, 3.63) is 95.5 Å². The molecule has 1 aromatic heterocycles. The van der Waals surface area contributed by atoms with Crippen molar-refractivity contribution in [3.8, 4) is 11.5 Å². The van der Waals surface area contributed by atoms with Gasteiger partial charge in [-0.15, -0.1) is 4.68 Å². The molecule has 1 heterocycles. The molecule has 3 aromatic carbocycles. The van der Waals surface area contributed by atoms with Gasteiger partial charge >= 0.3 is 5.69 Å². The maximum atomic E-state index is 12.7. The summed E-state index contributed by atoms with van der Waals surface area (Å²) in [7, 11) is 1.40. The van der Waals surface area contributed by atoms with Crippen LogP contribution in [0.2, 0.25) is 10.0 Å². The smallest absolute Gasteiger partial charge is 0.349 e. The number of ether oxygens (including phenoxy) is 2. The first kappa shape index (κ1) is 25.5. The fraction of sp³-hybridized carbons (Fsp3) is 0.0833. The SMILES string of the molecule is COc1cc(C=Nn2c(=O)[nH]c3ccccc3c2=O)c(Br)c(Cl)c1OCC(=O)Nc1ccc(Cl)cc1. The van der Waals surface area contributed by atoms with Crippen LogP contribution >= 0.6 is 39.1 Å². The first-order valence-electron chi connectivity index (χ1n) is 10.3. The van der Waals surface area contributed by atoms with Crippen molar-refractivity contribution in [2.24, 2.45) is 5.10 Å². The molecule has 1 amide bonds. The van der Waals surface area contributed by atoms with E-state index in [1.54, 1.807) is 48.5 Å². The Morgan fingerprint density at radius 3 is 2.61 bits per heavy atom. The summed E-state index contributed by atoms with van der Waals surface area (Å²) in [5.74, 6) is -0.0917. The van der Waals surface area contributed by atoms with Crippen molar-refractivity contribution in [1.29, 1.82) is 0 Å². The molecule has 36 heavy (non-hydrogen) atoms. The summed E-state index contributed by atoms with van der Waals surface area (Å²) in [4.78, 5) is 40.0. The van der Waals surface area contributed by atoms with Gasteiger partial charge in [0, 0.05) is 20.7 Å². The van der Waals surface area contributed by atoms with Crippen LogP contribution in [-0.2, 0) is 4.79 Å². The van der Waals surface area contributed by atoms with Gasteiger partial charge in [-0.2, -0.15) is 5.10 Å². The fourth-order valence-corrected chi connectivity index (χ4v) is 4.01. The molecule has 12 heteroatoms. The number of nitrogens with zero attached hydrogens (tertiary/aromatic N) is 2. The highest BCUT2D eigenvalue weighted by Crippen LogP contribution is 2.42. The summed E-state index contributed by atoms with van der Waals surface area (Å²) in [5, 5.41) is 7.68. The molecular weight excluding hydrogens is 575 g/mol. The number of rotatable bonds is 7. The number of fused-ring (bicyclic) bond motifs is 1. The molecule has 0 spiro atoms. The quantitative estimate of drug-likeness (QED) is 0.303. The molecule has 0 radical (unpaired) electrons. The van der Waals surface area contributed by atoms with E-state index in [-0.39, 0.29) is 23.1 Å². The van der Waals surface area contributed by atoms with Gasteiger partial charge < -0.3 is 19.8 Å². The second-order valence-electron chi connectivity index (χ2n) is 7.31. The Morgan fingerprint density at radius 2 is 1.89 bits per heavy atom. The highest BCUT2D eigenvalue weighted by atomic mass is 79.9. The van der Waals surface area contributed by atoms with Crippen molar-refractivity contribution < 1.29 is 14.3 Å². The lowest BCUT2D eigenvalue weighted by atomic mass is 10.2. The first-order chi connectivity index (χ1) is 17.3. The number of methoxy groups -OCH3 is 1. The van der Waals surface area contributed by atoms with Gasteiger partial charge in [-0.25, -0.2) is 4.79 Å². The average molecular weight is 592 g/mol. The average Bonchev–Trinajstić information content (AvgIpc) is 2.87. The second-order valence-corrected chi connectivity index (χ2v) is 8.91. The molecule has 184 valence electrons. The maximum absolute atomic E-state index is 12.7. The number of aromatic nitrogens is 2. The summed E-state index contributed by atoms with van der Waals surface area (Å²) in [6.07, 6.45) is 1.28. The molecule has 0 aliphatic carbocycles. The van der Waals surface area contributed by atoms with E-state index in [1.165, 1.54) is 19.4 Å². The number of carbonyl (C=O) groups excluding carboxylic acids is 1. The zero-order chi connectivity index (χ0) is 25.8. The molecule has 0 aliphatic heterocycles. The predicted molar refractivity (Wildman–Crippen MR) is 143 cm³/mol. The summed E-state index contributed by atoms with van der Waals surface area (Å²) in [6, 6.07) is 14.8. The maximum Gasteiger partial charge on any atom is 0.349 e. The van der Waals surface area contributed by atoms with Crippen LogP contribution in [0.4, 0.5) is 5.69 Å². The van der Waals surface area contributed by atoms with Gasteiger partial charge in [-0.1, -0.05) is 35.3 Å². The Hall–Kier alpha value is -3.60. The van der Waals surface area contributed by atoms with Crippen LogP contribution in [0.5, 0.6) is 11.5 Å².